The molecule has 3 nitrogen and oxygen atoms in total. The van der Waals surface area contributed by atoms with E-state index < -0.39 is 0 Å². The van der Waals surface area contributed by atoms with Crippen LogP contribution in [0, 0.1) is 11.3 Å². The van der Waals surface area contributed by atoms with E-state index in [1.807, 2.05) is 18.2 Å². The third-order valence-electron chi connectivity index (χ3n) is 1.91. The van der Waals surface area contributed by atoms with E-state index in [9.17, 15) is 0 Å². The second kappa shape index (κ2) is 3.20. The molecular formula is C10H7N3. The van der Waals surface area contributed by atoms with E-state index in [1.54, 1.807) is 12.3 Å². The van der Waals surface area contributed by atoms with Crippen molar-refractivity contribution < 1.29 is 0 Å². The highest BCUT2D eigenvalue weighted by molar-refractivity contribution is 5.47. The number of allylic oxidation sites excluding steroid dienone is 6. The molecule has 1 aliphatic heterocycles. The lowest BCUT2D eigenvalue weighted by Gasteiger charge is -2.08. The Morgan fingerprint density at radius 2 is 2.23 bits per heavy atom. The van der Waals surface area contributed by atoms with Gasteiger partial charge in [-0.05, 0) is 23.8 Å². The van der Waals surface area contributed by atoms with Crippen LogP contribution in [-0.2, 0) is 0 Å². The van der Waals surface area contributed by atoms with Gasteiger partial charge in [-0.15, -0.1) is 0 Å². The summed E-state index contributed by atoms with van der Waals surface area (Å²) in [4.78, 5) is 0. The van der Waals surface area contributed by atoms with Gasteiger partial charge in [0.05, 0.1) is 11.8 Å². The maximum atomic E-state index is 8.70. The van der Waals surface area contributed by atoms with Crippen LogP contribution in [0.2, 0.25) is 0 Å². The van der Waals surface area contributed by atoms with Gasteiger partial charge >= 0.3 is 0 Å². The van der Waals surface area contributed by atoms with Gasteiger partial charge in [0, 0.05) is 18.2 Å². The fraction of sp³-hybridized carbons (Fsp3) is 0.100. The van der Waals surface area contributed by atoms with Crippen LogP contribution in [0.4, 0.5) is 0 Å². The average molecular weight is 169 g/mol. The molecule has 1 aliphatic carbocycles. The van der Waals surface area contributed by atoms with Crippen LogP contribution in [0.25, 0.3) is 0 Å². The largest absolute Gasteiger partial charge is 0.193 e. The van der Waals surface area contributed by atoms with Crippen LogP contribution in [-0.4, -0.2) is 0 Å². The molecule has 0 amide bonds. The molecule has 0 spiro atoms. The van der Waals surface area contributed by atoms with Crippen LogP contribution in [0.3, 0.4) is 0 Å². The number of fused-ring (bicyclic) bond motifs is 1. The van der Waals surface area contributed by atoms with Crippen molar-refractivity contribution in [3.8, 4) is 6.07 Å². The van der Waals surface area contributed by atoms with Crippen molar-refractivity contribution in [2.45, 2.75) is 6.42 Å². The minimum Gasteiger partial charge on any atom is -0.193 e. The molecule has 2 aliphatic rings. The zero-order chi connectivity index (χ0) is 9.10. The molecule has 0 radical (unpaired) electrons. The number of nitriles is 1. The lowest BCUT2D eigenvalue weighted by atomic mass is 9.98. The van der Waals surface area contributed by atoms with E-state index in [4.69, 9.17) is 5.26 Å². The Labute approximate surface area is 76.1 Å². The summed E-state index contributed by atoms with van der Waals surface area (Å²) in [5.74, 6) is 0. The summed E-state index contributed by atoms with van der Waals surface area (Å²) in [5, 5.41) is 16.5. The second-order valence-corrected chi connectivity index (χ2v) is 2.78. The van der Waals surface area contributed by atoms with Gasteiger partial charge in [-0.25, -0.2) is 0 Å². The zero-order valence-electron chi connectivity index (χ0n) is 6.94. The fourth-order valence-electron chi connectivity index (χ4n) is 1.25. The molecule has 0 aromatic heterocycles. The first kappa shape index (κ1) is 7.69. The lowest BCUT2D eigenvalue weighted by molar-refractivity contribution is 1.06. The Bertz CT molecular complexity index is 414. The summed E-state index contributed by atoms with van der Waals surface area (Å²) < 4.78 is 0. The van der Waals surface area contributed by atoms with E-state index in [2.05, 4.69) is 16.3 Å². The molecule has 62 valence electrons. The standard InChI is InChI=1S/C10H7N3/c11-7-8-3-4-10-9(6-8)2-1-5-12-13-10/h1-5H,6H2. The minimum atomic E-state index is 0.658. The summed E-state index contributed by atoms with van der Waals surface area (Å²) in [5.41, 5.74) is 2.67. The van der Waals surface area contributed by atoms with Crippen LogP contribution in [0.15, 0.2) is 57.6 Å². The molecule has 13 heavy (non-hydrogen) atoms. The maximum Gasteiger partial charge on any atom is 0.0950 e. The smallest absolute Gasteiger partial charge is 0.0950 e. The topological polar surface area (TPSA) is 48.5 Å². The molecule has 0 aromatic carbocycles. The SMILES string of the molecule is N#CC1=CC=C2N=NC=CC=C2C1. The maximum absolute atomic E-state index is 8.70. The molecule has 0 unspecified atom stereocenters. The van der Waals surface area contributed by atoms with E-state index in [1.165, 1.54) is 0 Å². The molecule has 3 heteroatoms. The number of hydrogen-bond donors (Lipinski definition) is 0. The third-order valence-corrected chi connectivity index (χ3v) is 1.91. The molecule has 2 rings (SSSR count). The highest BCUT2D eigenvalue weighted by atomic mass is 15.1. The van der Waals surface area contributed by atoms with Crippen molar-refractivity contribution in [2.24, 2.45) is 10.2 Å². The monoisotopic (exact) mass is 169 g/mol. The van der Waals surface area contributed by atoms with Gasteiger partial charge in [0.25, 0.3) is 0 Å². The minimum absolute atomic E-state index is 0.658. The van der Waals surface area contributed by atoms with Crippen LogP contribution in [0.1, 0.15) is 6.42 Å². The lowest BCUT2D eigenvalue weighted by Crippen LogP contribution is -1.93. The molecule has 0 atom stereocenters. The van der Waals surface area contributed by atoms with E-state index in [-0.39, 0.29) is 0 Å². The molecule has 1 heterocycles. The van der Waals surface area contributed by atoms with Gasteiger partial charge in [-0.2, -0.15) is 15.5 Å². The third kappa shape index (κ3) is 1.47. The number of hydrogen-bond acceptors (Lipinski definition) is 3. The normalized spacial score (nSPS) is 19.2. The molecule has 0 bridgehead atoms. The zero-order valence-corrected chi connectivity index (χ0v) is 6.94. The van der Waals surface area contributed by atoms with Gasteiger partial charge in [0.2, 0.25) is 0 Å². The Hall–Kier alpha value is -1.95. The van der Waals surface area contributed by atoms with Crippen molar-refractivity contribution in [3.63, 3.8) is 0 Å². The number of rotatable bonds is 0. The van der Waals surface area contributed by atoms with Crippen molar-refractivity contribution in [3.05, 3.63) is 47.3 Å². The fourth-order valence-corrected chi connectivity index (χ4v) is 1.25. The van der Waals surface area contributed by atoms with Gasteiger partial charge < -0.3 is 0 Å². The Morgan fingerprint density at radius 1 is 1.31 bits per heavy atom. The van der Waals surface area contributed by atoms with E-state index >= 15 is 0 Å². The summed E-state index contributed by atoms with van der Waals surface area (Å²) in [6, 6.07) is 2.14. The van der Waals surface area contributed by atoms with E-state index in [0.29, 0.717) is 6.42 Å². The number of azo groups is 1. The Morgan fingerprint density at radius 3 is 3.08 bits per heavy atom. The predicted molar refractivity (Wildman–Crippen MR) is 48.5 cm³/mol. The second-order valence-electron chi connectivity index (χ2n) is 2.78. The van der Waals surface area contributed by atoms with Crippen molar-refractivity contribution in [1.29, 1.82) is 5.26 Å². The molecule has 0 N–H and O–H groups in total. The first-order valence-corrected chi connectivity index (χ1v) is 3.98. The van der Waals surface area contributed by atoms with Gasteiger partial charge in [0.15, 0.2) is 0 Å². The van der Waals surface area contributed by atoms with Gasteiger partial charge in [0.1, 0.15) is 0 Å². The molecule has 0 fully saturated rings. The highest BCUT2D eigenvalue weighted by Gasteiger charge is 2.11. The number of nitrogens with zero attached hydrogens (tertiary/aromatic N) is 3. The van der Waals surface area contributed by atoms with Gasteiger partial charge in [-0.1, -0.05) is 6.08 Å². The van der Waals surface area contributed by atoms with Crippen molar-refractivity contribution >= 4 is 0 Å². The van der Waals surface area contributed by atoms with E-state index in [0.717, 1.165) is 16.8 Å². The van der Waals surface area contributed by atoms with Crippen LogP contribution in [0.5, 0.6) is 0 Å². The quantitative estimate of drug-likeness (QED) is 0.549. The van der Waals surface area contributed by atoms with Crippen LogP contribution < -0.4 is 0 Å². The summed E-state index contributed by atoms with van der Waals surface area (Å²) >= 11 is 0. The highest BCUT2D eigenvalue weighted by Crippen LogP contribution is 2.26. The predicted octanol–water partition coefficient (Wildman–Crippen LogP) is 2.63. The van der Waals surface area contributed by atoms with Gasteiger partial charge in [-0.3, -0.25) is 0 Å². The first-order chi connectivity index (χ1) is 6.40. The molecule has 0 aromatic rings. The van der Waals surface area contributed by atoms with Crippen molar-refractivity contribution in [2.75, 3.05) is 0 Å². The molecular weight excluding hydrogens is 162 g/mol. The molecule has 0 saturated heterocycles. The van der Waals surface area contributed by atoms with Crippen molar-refractivity contribution in [1.82, 2.24) is 0 Å². The summed E-state index contributed by atoms with van der Waals surface area (Å²) in [6.07, 6.45) is 9.68. The summed E-state index contributed by atoms with van der Waals surface area (Å²) in [7, 11) is 0. The first-order valence-electron chi connectivity index (χ1n) is 3.98. The Balaban J connectivity index is 2.42. The Kier molecular flexibility index (Phi) is 1.89. The summed E-state index contributed by atoms with van der Waals surface area (Å²) in [6.45, 7) is 0. The van der Waals surface area contributed by atoms with Crippen LogP contribution >= 0.6 is 0 Å². The molecule has 0 saturated carbocycles. The average Bonchev–Trinajstić information content (AvgIpc) is 2.41.